The second-order valence-corrected chi connectivity index (χ2v) is 9.31. The molecule has 5 heteroatoms. The van der Waals surface area contributed by atoms with Gasteiger partial charge in [-0.2, -0.15) is 5.10 Å². The SMILES string of the molecule is CCCCCCCCCCCCCCCCCCNC(=S)N/N=C/c1ccccc1OCC. The van der Waals surface area contributed by atoms with Crippen LogP contribution in [0.25, 0.3) is 0 Å². The summed E-state index contributed by atoms with van der Waals surface area (Å²) in [6, 6.07) is 7.85. The minimum Gasteiger partial charge on any atom is -0.493 e. The van der Waals surface area contributed by atoms with Crippen LogP contribution in [0, 0.1) is 0 Å². The molecule has 0 fully saturated rings. The normalized spacial score (nSPS) is 11.1. The molecule has 0 aliphatic carbocycles. The van der Waals surface area contributed by atoms with E-state index in [1.54, 1.807) is 6.21 Å². The van der Waals surface area contributed by atoms with Crippen LogP contribution in [-0.4, -0.2) is 24.5 Å². The minimum atomic E-state index is 0.570. The number of hydrogen-bond acceptors (Lipinski definition) is 3. The number of benzene rings is 1. The highest BCUT2D eigenvalue weighted by Gasteiger charge is 1.99. The van der Waals surface area contributed by atoms with Crippen LogP contribution in [0.15, 0.2) is 29.4 Å². The van der Waals surface area contributed by atoms with Crippen LogP contribution in [0.2, 0.25) is 0 Å². The molecule has 0 saturated heterocycles. The Morgan fingerprint density at radius 1 is 0.788 bits per heavy atom. The van der Waals surface area contributed by atoms with E-state index in [9.17, 15) is 0 Å². The lowest BCUT2D eigenvalue weighted by molar-refractivity contribution is 0.340. The molecule has 1 aromatic rings. The summed E-state index contributed by atoms with van der Waals surface area (Å²) in [5.74, 6) is 0.831. The fourth-order valence-electron chi connectivity index (χ4n) is 3.95. The Morgan fingerprint density at radius 2 is 1.30 bits per heavy atom. The maximum absolute atomic E-state index is 5.59. The summed E-state index contributed by atoms with van der Waals surface area (Å²) in [6.45, 7) is 5.80. The van der Waals surface area contributed by atoms with Gasteiger partial charge in [-0.3, -0.25) is 5.43 Å². The lowest BCUT2D eigenvalue weighted by Gasteiger charge is -2.08. The molecule has 33 heavy (non-hydrogen) atoms. The van der Waals surface area contributed by atoms with Crippen molar-refractivity contribution in [3.05, 3.63) is 29.8 Å². The number of hydrazone groups is 1. The van der Waals surface area contributed by atoms with Gasteiger partial charge in [-0.15, -0.1) is 0 Å². The van der Waals surface area contributed by atoms with Gasteiger partial charge in [0.25, 0.3) is 0 Å². The summed E-state index contributed by atoms with van der Waals surface area (Å²) >= 11 is 5.30. The monoisotopic (exact) mass is 475 g/mol. The third kappa shape index (κ3) is 17.5. The van der Waals surface area contributed by atoms with Gasteiger partial charge in [-0.1, -0.05) is 115 Å². The molecule has 0 unspecified atom stereocenters. The number of nitrogens with one attached hydrogen (secondary N) is 2. The average Bonchev–Trinajstić information content (AvgIpc) is 2.82. The molecule has 1 aromatic carbocycles. The predicted molar refractivity (Wildman–Crippen MR) is 148 cm³/mol. The van der Waals surface area contributed by atoms with E-state index in [4.69, 9.17) is 17.0 Å². The van der Waals surface area contributed by atoms with Crippen molar-refractivity contribution in [2.45, 2.75) is 117 Å². The summed E-state index contributed by atoms with van der Waals surface area (Å²) in [5.41, 5.74) is 3.83. The Hall–Kier alpha value is -1.62. The highest BCUT2D eigenvalue weighted by atomic mass is 32.1. The molecule has 0 radical (unpaired) electrons. The van der Waals surface area contributed by atoms with E-state index in [0.29, 0.717) is 11.7 Å². The zero-order valence-corrected chi connectivity index (χ0v) is 22.2. The fourth-order valence-corrected chi connectivity index (χ4v) is 4.10. The Bertz CT molecular complexity index is 621. The zero-order valence-electron chi connectivity index (χ0n) is 21.4. The van der Waals surface area contributed by atoms with E-state index in [0.717, 1.165) is 24.3 Å². The van der Waals surface area contributed by atoms with E-state index >= 15 is 0 Å². The van der Waals surface area contributed by atoms with Crippen LogP contribution in [0.5, 0.6) is 5.75 Å². The number of nitrogens with zero attached hydrogens (tertiary/aromatic N) is 1. The van der Waals surface area contributed by atoms with E-state index in [1.165, 1.54) is 96.3 Å². The number of rotatable bonds is 21. The summed E-state index contributed by atoms with van der Waals surface area (Å²) < 4.78 is 5.59. The van der Waals surface area contributed by atoms with E-state index in [-0.39, 0.29) is 0 Å². The Labute approximate surface area is 209 Å². The summed E-state index contributed by atoms with van der Waals surface area (Å²) in [6.07, 6.45) is 23.9. The molecule has 4 nitrogen and oxygen atoms in total. The number of hydrogen-bond donors (Lipinski definition) is 2. The van der Waals surface area contributed by atoms with Crippen molar-refractivity contribution in [1.29, 1.82) is 0 Å². The highest BCUT2D eigenvalue weighted by molar-refractivity contribution is 7.80. The van der Waals surface area contributed by atoms with Gasteiger partial charge in [0.05, 0.1) is 12.8 Å². The molecule has 2 N–H and O–H groups in total. The highest BCUT2D eigenvalue weighted by Crippen LogP contribution is 2.15. The van der Waals surface area contributed by atoms with Crippen molar-refractivity contribution in [2.75, 3.05) is 13.2 Å². The van der Waals surface area contributed by atoms with Crippen LogP contribution in [0.4, 0.5) is 0 Å². The van der Waals surface area contributed by atoms with Gasteiger partial charge in [0.15, 0.2) is 5.11 Å². The number of unbranched alkanes of at least 4 members (excludes halogenated alkanes) is 15. The zero-order chi connectivity index (χ0) is 23.8. The molecular formula is C28H49N3OS. The molecule has 0 aliphatic rings. The average molecular weight is 476 g/mol. The molecule has 0 bridgehead atoms. The van der Waals surface area contributed by atoms with Crippen LogP contribution < -0.4 is 15.5 Å². The lowest BCUT2D eigenvalue weighted by atomic mass is 10.0. The predicted octanol–water partition coefficient (Wildman–Crippen LogP) is 8.14. The first kappa shape index (κ1) is 29.4. The molecule has 188 valence electrons. The van der Waals surface area contributed by atoms with Gasteiger partial charge in [0.2, 0.25) is 0 Å². The van der Waals surface area contributed by atoms with E-state index < -0.39 is 0 Å². The molecule has 0 amide bonds. The topological polar surface area (TPSA) is 45.7 Å². The molecule has 0 aromatic heterocycles. The van der Waals surface area contributed by atoms with Crippen LogP contribution in [-0.2, 0) is 0 Å². The first-order chi connectivity index (χ1) is 16.3. The number of ether oxygens (including phenoxy) is 1. The Kier molecular flexibility index (Phi) is 19.8. The van der Waals surface area contributed by atoms with Crippen molar-refractivity contribution in [3.8, 4) is 5.75 Å². The van der Waals surface area contributed by atoms with Gasteiger partial charge in [-0.05, 0) is 37.7 Å². The quantitative estimate of drug-likeness (QED) is 0.0815. The maximum atomic E-state index is 5.59. The van der Waals surface area contributed by atoms with Gasteiger partial charge in [0, 0.05) is 12.1 Å². The minimum absolute atomic E-state index is 0.570. The van der Waals surface area contributed by atoms with Crippen molar-refractivity contribution >= 4 is 23.5 Å². The van der Waals surface area contributed by atoms with E-state index in [2.05, 4.69) is 22.8 Å². The lowest BCUT2D eigenvalue weighted by Crippen LogP contribution is -2.32. The smallest absolute Gasteiger partial charge is 0.186 e. The molecule has 0 heterocycles. The molecule has 0 aliphatic heterocycles. The third-order valence-electron chi connectivity index (χ3n) is 5.90. The molecular weight excluding hydrogens is 426 g/mol. The standard InChI is InChI=1S/C28H49N3OS/c1-3-5-6-7-8-9-10-11-12-13-14-15-16-17-18-21-24-29-28(33)31-30-25-26-22-19-20-23-27(26)32-4-2/h19-20,22-23,25H,3-18,21,24H2,1-2H3,(H2,29,31,33)/b30-25+. The second kappa shape index (κ2) is 22.2. The molecule has 0 atom stereocenters. The largest absolute Gasteiger partial charge is 0.493 e. The fraction of sp³-hybridized carbons (Fsp3) is 0.714. The Balaban J connectivity index is 1.87. The molecule has 0 spiro atoms. The van der Waals surface area contributed by atoms with Gasteiger partial charge < -0.3 is 10.1 Å². The van der Waals surface area contributed by atoms with Crippen molar-refractivity contribution < 1.29 is 4.74 Å². The van der Waals surface area contributed by atoms with E-state index in [1.807, 2.05) is 31.2 Å². The molecule has 1 rings (SSSR count). The summed E-state index contributed by atoms with van der Waals surface area (Å²) in [5, 5.41) is 8.02. The van der Waals surface area contributed by atoms with Gasteiger partial charge in [-0.25, -0.2) is 0 Å². The van der Waals surface area contributed by atoms with Crippen LogP contribution in [0.3, 0.4) is 0 Å². The first-order valence-corrected chi connectivity index (χ1v) is 14.0. The van der Waals surface area contributed by atoms with Gasteiger partial charge in [0.1, 0.15) is 5.75 Å². The van der Waals surface area contributed by atoms with Gasteiger partial charge >= 0.3 is 0 Å². The van der Waals surface area contributed by atoms with Crippen LogP contribution in [0.1, 0.15) is 122 Å². The number of para-hydroxylation sites is 1. The Morgan fingerprint density at radius 3 is 1.85 bits per heavy atom. The second-order valence-electron chi connectivity index (χ2n) is 8.90. The van der Waals surface area contributed by atoms with Crippen LogP contribution >= 0.6 is 12.2 Å². The van der Waals surface area contributed by atoms with Crippen molar-refractivity contribution in [1.82, 2.24) is 10.7 Å². The first-order valence-electron chi connectivity index (χ1n) is 13.6. The number of thiocarbonyl (C=S) groups is 1. The maximum Gasteiger partial charge on any atom is 0.186 e. The summed E-state index contributed by atoms with van der Waals surface area (Å²) in [4.78, 5) is 0. The van der Waals surface area contributed by atoms with Crippen molar-refractivity contribution in [3.63, 3.8) is 0 Å². The van der Waals surface area contributed by atoms with Crippen molar-refractivity contribution in [2.24, 2.45) is 5.10 Å². The molecule has 0 saturated carbocycles. The summed E-state index contributed by atoms with van der Waals surface area (Å²) in [7, 11) is 0. The third-order valence-corrected chi connectivity index (χ3v) is 6.14.